The maximum atomic E-state index is 4.99. The lowest BCUT2D eigenvalue weighted by atomic mass is 9.98. The van der Waals surface area contributed by atoms with Crippen molar-refractivity contribution in [3.05, 3.63) is 30.1 Å². The molecule has 2 N–H and O–H groups in total. The first-order chi connectivity index (χ1) is 13.3. The van der Waals surface area contributed by atoms with Gasteiger partial charge in [-0.2, -0.15) is 0 Å². The Bertz CT molecular complexity index is 595. The van der Waals surface area contributed by atoms with Gasteiger partial charge in [0.05, 0.1) is 5.69 Å². The van der Waals surface area contributed by atoms with Crippen molar-refractivity contribution in [1.82, 2.24) is 20.5 Å². The second-order valence-corrected chi connectivity index (χ2v) is 8.57. The van der Waals surface area contributed by atoms with Crippen LogP contribution in [0.15, 0.2) is 29.4 Å². The number of halogens is 1. The van der Waals surface area contributed by atoms with Gasteiger partial charge in [0.15, 0.2) is 5.96 Å². The van der Waals surface area contributed by atoms with Crippen molar-refractivity contribution in [2.24, 2.45) is 22.7 Å². The van der Waals surface area contributed by atoms with Gasteiger partial charge in [-0.1, -0.05) is 6.07 Å². The first-order valence-corrected chi connectivity index (χ1v) is 11.0. The molecular formula is C22H36IN5. The summed E-state index contributed by atoms with van der Waals surface area (Å²) in [7, 11) is 0. The standard InChI is InChI=1S/C22H35N5.HI/c1-2-23-22(25-15-21(17-6-7-17)18-8-9-18)26-19-10-13-27(14-11-19)16-20-5-3-4-12-24-20;/h3-5,12,17-19,21H,2,6-11,13-16H2,1H3,(H2,23,25,26);1H. The number of hydrogen-bond donors (Lipinski definition) is 2. The van der Waals surface area contributed by atoms with Gasteiger partial charge in [0.25, 0.3) is 0 Å². The number of pyridine rings is 1. The van der Waals surface area contributed by atoms with Crippen LogP contribution in [0.5, 0.6) is 0 Å². The van der Waals surface area contributed by atoms with Gasteiger partial charge in [-0.25, -0.2) is 0 Å². The fourth-order valence-corrected chi connectivity index (χ4v) is 4.40. The van der Waals surface area contributed by atoms with E-state index in [9.17, 15) is 0 Å². The summed E-state index contributed by atoms with van der Waals surface area (Å²) in [6, 6.07) is 6.71. The average molecular weight is 497 g/mol. The van der Waals surface area contributed by atoms with E-state index >= 15 is 0 Å². The Kier molecular flexibility index (Phi) is 8.38. The number of nitrogens with zero attached hydrogens (tertiary/aromatic N) is 3. The van der Waals surface area contributed by atoms with Gasteiger partial charge < -0.3 is 10.6 Å². The van der Waals surface area contributed by atoms with E-state index < -0.39 is 0 Å². The molecule has 0 aromatic carbocycles. The largest absolute Gasteiger partial charge is 0.357 e. The zero-order chi connectivity index (χ0) is 18.5. The number of aliphatic imine (C=N–C) groups is 1. The van der Waals surface area contributed by atoms with Crippen LogP contribution < -0.4 is 10.6 Å². The van der Waals surface area contributed by atoms with Crippen molar-refractivity contribution in [1.29, 1.82) is 0 Å². The van der Waals surface area contributed by atoms with Crippen LogP contribution in [0.4, 0.5) is 0 Å². The van der Waals surface area contributed by atoms with Crippen molar-refractivity contribution in [3.63, 3.8) is 0 Å². The van der Waals surface area contributed by atoms with Crippen LogP contribution >= 0.6 is 24.0 Å². The summed E-state index contributed by atoms with van der Waals surface area (Å²) in [6.07, 6.45) is 9.99. The van der Waals surface area contributed by atoms with Gasteiger partial charge in [-0.3, -0.25) is 14.9 Å². The number of aromatic nitrogens is 1. The molecule has 1 aromatic rings. The van der Waals surface area contributed by atoms with Crippen LogP contribution in [0.25, 0.3) is 0 Å². The first-order valence-electron chi connectivity index (χ1n) is 11.0. The molecule has 5 nitrogen and oxygen atoms in total. The first kappa shape index (κ1) is 21.8. The van der Waals surface area contributed by atoms with E-state index in [-0.39, 0.29) is 24.0 Å². The number of hydrogen-bond acceptors (Lipinski definition) is 3. The molecule has 4 rings (SSSR count). The highest BCUT2D eigenvalue weighted by Gasteiger charge is 2.41. The Morgan fingerprint density at radius 3 is 2.43 bits per heavy atom. The normalized spacial score (nSPS) is 21.4. The van der Waals surface area contributed by atoms with Gasteiger partial charge in [0, 0.05) is 45.0 Å². The second-order valence-electron chi connectivity index (χ2n) is 8.57. The molecule has 3 fully saturated rings. The maximum Gasteiger partial charge on any atom is 0.191 e. The molecule has 2 aliphatic carbocycles. The average Bonchev–Trinajstić information content (AvgIpc) is 3.59. The SMILES string of the molecule is CCNC(=NCC(C1CC1)C1CC1)NC1CCN(Cc2ccccn2)CC1.I. The molecule has 0 spiro atoms. The highest BCUT2D eigenvalue weighted by atomic mass is 127. The molecule has 6 heteroatoms. The van der Waals surface area contributed by atoms with Crippen LogP contribution in [0.3, 0.4) is 0 Å². The Balaban J connectivity index is 0.00000225. The topological polar surface area (TPSA) is 52.6 Å². The van der Waals surface area contributed by atoms with Crippen LogP contribution in [0.1, 0.15) is 51.1 Å². The highest BCUT2D eigenvalue weighted by molar-refractivity contribution is 14.0. The summed E-state index contributed by atoms with van der Waals surface area (Å²) in [4.78, 5) is 12.0. The van der Waals surface area contributed by atoms with Crippen molar-refractivity contribution in [2.75, 3.05) is 26.2 Å². The lowest BCUT2D eigenvalue weighted by Crippen LogP contribution is -2.48. The number of likely N-dealkylation sites (tertiary alicyclic amines) is 1. The summed E-state index contributed by atoms with van der Waals surface area (Å²) in [5.41, 5.74) is 1.17. The van der Waals surface area contributed by atoms with Crippen molar-refractivity contribution in [2.45, 2.75) is 58.0 Å². The molecule has 0 unspecified atom stereocenters. The van der Waals surface area contributed by atoms with Crippen LogP contribution in [-0.4, -0.2) is 48.1 Å². The summed E-state index contributed by atoms with van der Waals surface area (Å²) >= 11 is 0. The van der Waals surface area contributed by atoms with Gasteiger partial charge in [-0.15, -0.1) is 24.0 Å². The maximum absolute atomic E-state index is 4.99. The van der Waals surface area contributed by atoms with E-state index in [0.717, 1.165) is 56.4 Å². The molecule has 1 saturated heterocycles. The van der Waals surface area contributed by atoms with Gasteiger partial charge in [0.1, 0.15) is 0 Å². The monoisotopic (exact) mass is 497 g/mol. The summed E-state index contributed by atoms with van der Waals surface area (Å²) in [5, 5.41) is 7.18. The molecule has 3 aliphatic rings. The minimum absolute atomic E-state index is 0. The van der Waals surface area contributed by atoms with Crippen molar-refractivity contribution >= 4 is 29.9 Å². The molecule has 156 valence electrons. The lowest BCUT2D eigenvalue weighted by Gasteiger charge is -2.33. The molecule has 0 atom stereocenters. The molecule has 0 radical (unpaired) electrons. The Labute approximate surface area is 187 Å². The van der Waals surface area contributed by atoms with Crippen LogP contribution in [0.2, 0.25) is 0 Å². The minimum Gasteiger partial charge on any atom is -0.357 e. The molecule has 2 saturated carbocycles. The molecular weight excluding hydrogens is 461 g/mol. The van der Waals surface area contributed by atoms with E-state index in [1.54, 1.807) is 0 Å². The molecule has 0 bridgehead atoms. The predicted octanol–water partition coefficient (Wildman–Crippen LogP) is 3.66. The van der Waals surface area contributed by atoms with Crippen LogP contribution in [0, 0.1) is 17.8 Å². The fourth-order valence-electron chi connectivity index (χ4n) is 4.40. The quantitative estimate of drug-likeness (QED) is 0.327. The second kappa shape index (κ2) is 10.8. The van der Waals surface area contributed by atoms with Crippen molar-refractivity contribution < 1.29 is 0 Å². The molecule has 1 aromatic heterocycles. The summed E-state index contributed by atoms with van der Waals surface area (Å²) < 4.78 is 0. The minimum atomic E-state index is 0. The molecule has 28 heavy (non-hydrogen) atoms. The van der Waals surface area contributed by atoms with E-state index in [1.807, 2.05) is 12.3 Å². The smallest absolute Gasteiger partial charge is 0.191 e. The van der Waals surface area contributed by atoms with E-state index in [2.05, 4.69) is 39.6 Å². The third-order valence-corrected chi connectivity index (χ3v) is 6.30. The zero-order valence-electron chi connectivity index (χ0n) is 17.1. The fraction of sp³-hybridized carbons (Fsp3) is 0.727. The van der Waals surface area contributed by atoms with E-state index in [0.29, 0.717) is 6.04 Å². The van der Waals surface area contributed by atoms with Gasteiger partial charge in [0.2, 0.25) is 0 Å². The molecule has 2 heterocycles. The van der Waals surface area contributed by atoms with Crippen molar-refractivity contribution in [3.8, 4) is 0 Å². The molecule has 1 aliphatic heterocycles. The zero-order valence-corrected chi connectivity index (χ0v) is 19.5. The lowest BCUT2D eigenvalue weighted by molar-refractivity contribution is 0.196. The van der Waals surface area contributed by atoms with Gasteiger partial charge >= 0.3 is 0 Å². The Morgan fingerprint density at radius 2 is 1.86 bits per heavy atom. The van der Waals surface area contributed by atoms with E-state index in [1.165, 1.54) is 44.2 Å². The number of guanidine groups is 1. The summed E-state index contributed by atoms with van der Waals surface area (Å²) in [5.74, 6) is 3.82. The predicted molar refractivity (Wildman–Crippen MR) is 126 cm³/mol. The number of nitrogens with one attached hydrogen (secondary N) is 2. The summed E-state index contributed by atoms with van der Waals surface area (Å²) in [6.45, 7) is 7.32. The molecule has 0 amide bonds. The van der Waals surface area contributed by atoms with Gasteiger partial charge in [-0.05, 0) is 75.3 Å². The highest BCUT2D eigenvalue weighted by Crippen LogP contribution is 2.49. The Hall–Kier alpha value is -0.890. The van der Waals surface area contributed by atoms with E-state index in [4.69, 9.17) is 4.99 Å². The third kappa shape index (κ3) is 6.58. The number of piperidine rings is 1. The number of rotatable bonds is 8. The van der Waals surface area contributed by atoms with Crippen LogP contribution in [-0.2, 0) is 6.54 Å². The Morgan fingerprint density at radius 1 is 1.14 bits per heavy atom. The third-order valence-electron chi connectivity index (χ3n) is 6.30.